The molecule has 1 N–H and O–H groups in total. The smallest absolute Gasteiger partial charge is 0.269 e. The standard InChI is InChI=1S/C16H25N3O2/c1-3-16(14-5-4-6-15(11-14)19(20)21)18(2)12-13-7-9-17-10-8-13/h4-6,11,13,16-17H,3,7-10,12H2,1-2H3. The lowest BCUT2D eigenvalue weighted by molar-refractivity contribution is -0.385. The van der Waals surface area contributed by atoms with E-state index in [9.17, 15) is 10.1 Å². The van der Waals surface area contributed by atoms with Gasteiger partial charge >= 0.3 is 0 Å². The molecule has 0 aromatic heterocycles. The van der Waals surface area contributed by atoms with Crippen molar-refractivity contribution in [2.45, 2.75) is 32.2 Å². The van der Waals surface area contributed by atoms with Gasteiger partial charge in [-0.2, -0.15) is 0 Å². The van der Waals surface area contributed by atoms with E-state index in [0.717, 1.165) is 37.5 Å². The van der Waals surface area contributed by atoms with Crippen LogP contribution in [0.2, 0.25) is 0 Å². The molecule has 21 heavy (non-hydrogen) atoms. The molecule has 1 aliphatic heterocycles. The minimum atomic E-state index is -0.316. The zero-order valence-electron chi connectivity index (χ0n) is 12.9. The van der Waals surface area contributed by atoms with Crippen LogP contribution in [0.3, 0.4) is 0 Å². The largest absolute Gasteiger partial charge is 0.317 e. The van der Waals surface area contributed by atoms with Crippen molar-refractivity contribution in [1.29, 1.82) is 0 Å². The summed E-state index contributed by atoms with van der Waals surface area (Å²) in [4.78, 5) is 13.0. The third-order valence-corrected chi connectivity index (χ3v) is 4.39. The number of benzene rings is 1. The topological polar surface area (TPSA) is 58.4 Å². The van der Waals surface area contributed by atoms with Crippen LogP contribution in [0.4, 0.5) is 5.69 Å². The van der Waals surface area contributed by atoms with Gasteiger partial charge in [0.2, 0.25) is 0 Å². The van der Waals surface area contributed by atoms with Gasteiger partial charge in [0.25, 0.3) is 5.69 Å². The Labute approximate surface area is 126 Å². The van der Waals surface area contributed by atoms with Gasteiger partial charge in [-0.1, -0.05) is 19.1 Å². The Balaban J connectivity index is 2.06. The van der Waals surface area contributed by atoms with E-state index >= 15 is 0 Å². The van der Waals surface area contributed by atoms with Crippen LogP contribution in [0, 0.1) is 16.0 Å². The summed E-state index contributed by atoms with van der Waals surface area (Å²) in [5.41, 5.74) is 1.23. The highest BCUT2D eigenvalue weighted by Crippen LogP contribution is 2.27. The molecule has 0 spiro atoms. The first kappa shape index (κ1) is 15.9. The summed E-state index contributed by atoms with van der Waals surface area (Å²) >= 11 is 0. The van der Waals surface area contributed by atoms with Gasteiger partial charge in [0, 0.05) is 24.7 Å². The van der Waals surface area contributed by atoms with Crippen molar-refractivity contribution in [1.82, 2.24) is 10.2 Å². The minimum absolute atomic E-state index is 0.182. The van der Waals surface area contributed by atoms with Crippen molar-refractivity contribution in [3.8, 4) is 0 Å². The van der Waals surface area contributed by atoms with Crippen molar-refractivity contribution in [2.24, 2.45) is 5.92 Å². The zero-order chi connectivity index (χ0) is 15.2. The number of hydrogen-bond donors (Lipinski definition) is 1. The molecule has 1 saturated heterocycles. The highest BCUT2D eigenvalue weighted by molar-refractivity contribution is 5.35. The molecular weight excluding hydrogens is 266 g/mol. The van der Waals surface area contributed by atoms with Crippen molar-refractivity contribution in [3.63, 3.8) is 0 Å². The van der Waals surface area contributed by atoms with Crippen LogP contribution in [0.25, 0.3) is 0 Å². The molecule has 1 aromatic carbocycles. The van der Waals surface area contributed by atoms with E-state index in [2.05, 4.69) is 24.2 Å². The predicted octanol–water partition coefficient (Wildman–Crippen LogP) is 2.98. The number of hydrogen-bond acceptors (Lipinski definition) is 4. The first-order valence-corrected chi connectivity index (χ1v) is 7.77. The van der Waals surface area contributed by atoms with Crippen molar-refractivity contribution in [2.75, 3.05) is 26.7 Å². The number of nitro groups is 1. The van der Waals surface area contributed by atoms with Gasteiger partial charge < -0.3 is 5.32 Å². The summed E-state index contributed by atoms with van der Waals surface area (Å²) in [6, 6.07) is 7.31. The molecule has 0 bridgehead atoms. The summed E-state index contributed by atoms with van der Waals surface area (Å²) in [6.07, 6.45) is 3.40. The second kappa shape index (κ2) is 7.52. The molecule has 0 saturated carbocycles. The number of nitro benzene ring substituents is 1. The first-order chi connectivity index (χ1) is 10.1. The molecule has 2 rings (SSSR count). The lowest BCUT2D eigenvalue weighted by Gasteiger charge is -2.32. The Hall–Kier alpha value is -1.46. The third kappa shape index (κ3) is 4.25. The maximum Gasteiger partial charge on any atom is 0.269 e. The molecule has 1 unspecified atom stereocenters. The number of non-ortho nitro benzene ring substituents is 1. The summed E-state index contributed by atoms with van der Waals surface area (Å²) in [7, 11) is 2.13. The Kier molecular flexibility index (Phi) is 5.70. The molecule has 0 aliphatic carbocycles. The Morgan fingerprint density at radius 2 is 2.14 bits per heavy atom. The summed E-state index contributed by atoms with van der Waals surface area (Å²) < 4.78 is 0. The maximum atomic E-state index is 10.9. The van der Waals surface area contributed by atoms with E-state index < -0.39 is 0 Å². The van der Waals surface area contributed by atoms with Crippen LogP contribution in [0.1, 0.15) is 37.8 Å². The van der Waals surface area contributed by atoms with Crippen molar-refractivity contribution < 1.29 is 4.92 Å². The lowest BCUT2D eigenvalue weighted by atomic mass is 9.95. The van der Waals surface area contributed by atoms with E-state index in [-0.39, 0.29) is 16.7 Å². The van der Waals surface area contributed by atoms with Gasteiger partial charge in [0.15, 0.2) is 0 Å². The van der Waals surface area contributed by atoms with Crippen LogP contribution in [0.15, 0.2) is 24.3 Å². The number of nitrogens with zero attached hydrogens (tertiary/aromatic N) is 2. The monoisotopic (exact) mass is 291 g/mol. The van der Waals surface area contributed by atoms with Gasteiger partial charge in [-0.25, -0.2) is 0 Å². The van der Waals surface area contributed by atoms with Crippen LogP contribution in [-0.4, -0.2) is 36.5 Å². The highest BCUT2D eigenvalue weighted by Gasteiger charge is 2.21. The van der Waals surface area contributed by atoms with Gasteiger partial charge in [0.1, 0.15) is 0 Å². The molecule has 5 nitrogen and oxygen atoms in total. The fraction of sp³-hybridized carbons (Fsp3) is 0.625. The van der Waals surface area contributed by atoms with Gasteiger partial charge in [-0.05, 0) is 50.9 Å². The van der Waals surface area contributed by atoms with E-state index in [1.54, 1.807) is 18.2 Å². The highest BCUT2D eigenvalue weighted by atomic mass is 16.6. The van der Waals surface area contributed by atoms with Gasteiger partial charge in [-0.15, -0.1) is 0 Å². The van der Waals surface area contributed by atoms with E-state index in [4.69, 9.17) is 0 Å². The Morgan fingerprint density at radius 1 is 1.43 bits per heavy atom. The van der Waals surface area contributed by atoms with Crippen molar-refractivity contribution in [3.05, 3.63) is 39.9 Å². The molecule has 1 aliphatic rings. The number of rotatable bonds is 6. The minimum Gasteiger partial charge on any atom is -0.317 e. The molecule has 1 heterocycles. The summed E-state index contributed by atoms with van der Waals surface area (Å²) in [5, 5.41) is 14.3. The fourth-order valence-electron chi connectivity index (χ4n) is 3.25. The molecular formula is C16H25N3O2. The Morgan fingerprint density at radius 3 is 2.76 bits per heavy atom. The van der Waals surface area contributed by atoms with Gasteiger partial charge in [-0.3, -0.25) is 15.0 Å². The average Bonchev–Trinajstić information content (AvgIpc) is 2.49. The lowest BCUT2D eigenvalue weighted by Crippen LogP contribution is -2.36. The SMILES string of the molecule is CCC(c1cccc([N+](=O)[O-])c1)N(C)CC1CCNCC1. The Bertz CT molecular complexity index is 472. The fourth-order valence-corrected chi connectivity index (χ4v) is 3.25. The van der Waals surface area contributed by atoms with E-state index in [1.807, 2.05) is 6.07 Å². The molecule has 1 fully saturated rings. The molecule has 1 aromatic rings. The summed E-state index contributed by atoms with van der Waals surface area (Å²) in [5.74, 6) is 0.726. The second-order valence-corrected chi connectivity index (χ2v) is 5.91. The van der Waals surface area contributed by atoms with Crippen molar-refractivity contribution >= 4 is 5.69 Å². The normalized spacial score (nSPS) is 17.9. The third-order valence-electron chi connectivity index (χ3n) is 4.39. The van der Waals surface area contributed by atoms with Crippen LogP contribution < -0.4 is 5.32 Å². The van der Waals surface area contributed by atoms with E-state index in [1.165, 1.54) is 12.8 Å². The molecule has 0 radical (unpaired) electrons. The second-order valence-electron chi connectivity index (χ2n) is 5.91. The predicted molar refractivity (Wildman–Crippen MR) is 84.4 cm³/mol. The first-order valence-electron chi connectivity index (χ1n) is 7.77. The maximum absolute atomic E-state index is 10.9. The average molecular weight is 291 g/mol. The molecule has 0 amide bonds. The van der Waals surface area contributed by atoms with E-state index in [0.29, 0.717) is 0 Å². The molecule has 116 valence electrons. The number of nitrogens with one attached hydrogen (secondary N) is 1. The quantitative estimate of drug-likeness (QED) is 0.646. The van der Waals surface area contributed by atoms with Gasteiger partial charge in [0.05, 0.1) is 4.92 Å². The van der Waals surface area contributed by atoms with Crippen LogP contribution in [-0.2, 0) is 0 Å². The number of piperidine rings is 1. The zero-order valence-corrected chi connectivity index (χ0v) is 12.9. The molecule has 5 heteroatoms. The summed E-state index contributed by atoms with van der Waals surface area (Å²) in [6.45, 7) is 5.41. The molecule has 1 atom stereocenters. The van der Waals surface area contributed by atoms with Crippen LogP contribution >= 0.6 is 0 Å². The van der Waals surface area contributed by atoms with Crippen LogP contribution in [0.5, 0.6) is 0 Å².